The van der Waals surface area contributed by atoms with Crippen molar-refractivity contribution in [3.05, 3.63) is 79.9 Å². The minimum atomic E-state index is -0.674. The predicted molar refractivity (Wildman–Crippen MR) is 117 cm³/mol. The molecular weight excluding hydrogens is 430 g/mol. The van der Waals surface area contributed by atoms with E-state index in [1.165, 1.54) is 29.3 Å². The Morgan fingerprint density at radius 2 is 1.82 bits per heavy atom. The molecule has 2 N–H and O–H groups in total. The predicted octanol–water partition coefficient (Wildman–Crippen LogP) is 2.70. The largest absolute Gasteiger partial charge is 0.504 e. The number of nitrogens with zero attached hydrogens (tertiary/aromatic N) is 3. The molecule has 0 saturated carbocycles. The molecule has 1 saturated heterocycles. The highest BCUT2D eigenvalue weighted by molar-refractivity contribution is 5.61. The third-order valence-corrected chi connectivity index (χ3v) is 7.40. The Morgan fingerprint density at radius 1 is 1.12 bits per heavy atom. The summed E-state index contributed by atoms with van der Waals surface area (Å²) in [6.45, 7) is 1.01. The summed E-state index contributed by atoms with van der Waals surface area (Å²) in [6, 6.07) is 8.82. The van der Waals surface area contributed by atoms with E-state index in [1.807, 2.05) is 12.1 Å². The molecule has 1 fully saturated rings. The van der Waals surface area contributed by atoms with Crippen molar-refractivity contribution in [2.45, 2.75) is 36.5 Å². The first-order chi connectivity index (χ1) is 15.7. The highest BCUT2D eigenvalue weighted by Crippen LogP contribution is 2.62. The molecule has 2 aliphatic heterocycles. The van der Waals surface area contributed by atoms with E-state index in [4.69, 9.17) is 4.74 Å². The minimum absolute atomic E-state index is 0.160. The van der Waals surface area contributed by atoms with Crippen molar-refractivity contribution >= 4 is 11.4 Å². The van der Waals surface area contributed by atoms with Crippen LogP contribution in [0, 0.1) is 26.1 Å². The molecule has 2 aromatic carbocycles. The molecule has 2 aliphatic carbocycles. The number of piperidine rings is 1. The normalized spacial score (nSPS) is 30.5. The van der Waals surface area contributed by atoms with Crippen LogP contribution in [-0.2, 0) is 11.8 Å². The van der Waals surface area contributed by atoms with E-state index in [2.05, 4.69) is 18.0 Å². The Hall–Kier alpha value is -3.50. The monoisotopic (exact) mass is 453 g/mol. The maximum atomic E-state index is 10.4. The highest BCUT2D eigenvalue weighted by atomic mass is 16.6. The molecule has 10 heteroatoms. The summed E-state index contributed by atoms with van der Waals surface area (Å²) >= 11 is 0. The first kappa shape index (κ1) is 21.4. The average Bonchev–Trinajstić information content (AvgIpc) is 3.16. The van der Waals surface area contributed by atoms with Crippen molar-refractivity contribution in [2.24, 2.45) is 5.92 Å². The van der Waals surface area contributed by atoms with Gasteiger partial charge in [0, 0.05) is 35.1 Å². The van der Waals surface area contributed by atoms with Crippen LogP contribution in [-0.4, -0.2) is 56.8 Å². The maximum Gasteiger partial charge on any atom is 0.276 e. The number of hydrogen-bond acceptors (Lipinski definition) is 8. The van der Waals surface area contributed by atoms with Crippen molar-refractivity contribution in [1.82, 2.24) is 4.90 Å². The molecule has 2 heterocycles. The Balaban J connectivity index is 0.000000164. The number of likely N-dealkylation sites (N-methyl/N-ethyl adjacent to an activating group) is 1. The number of phenols is 1. The van der Waals surface area contributed by atoms with Crippen LogP contribution in [0.3, 0.4) is 0 Å². The molecule has 5 atom stereocenters. The molecular formula is C23H23N3O7. The first-order valence-corrected chi connectivity index (χ1v) is 10.7. The van der Waals surface area contributed by atoms with Crippen LogP contribution in [0.15, 0.2) is 48.6 Å². The van der Waals surface area contributed by atoms with Gasteiger partial charge in [-0.1, -0.05) is 18.2 Å². The van der Waals surface area contributed by atoms with Crippen LogP contribution in [0.1, 0.15) is 17.5 Å². The number of nitro benzene ring substituents is 2. The highest BCUT2D eigenvalue weighted by Gasteiger charge is 2.64. The van der Waals surface area contributed by atoms with Gasteiger partial charge in [-0.2, -0.15) is 0 Å². The second-order valence-corrected chi connectivity index (χ2v) is 8.96. The fourth-order valence-corrected chi connectivity index (χ4v) is 5.96. The number of non-ortho nitro benzene ring substituents is 2. The van der Waals surface area contributed by atoms with E-state index in [0.717, 1.165) is 25.5 Å². The minimum Gasteiger partial charge on any atom is -0.504 e. The fraction of sp³-hybridized carbons (Fsp3) is 0.391. The number of aliphatic hydroxyl groups is 1. The fourth-order valence-electron chi connectivity index (χ4n) is 5.96. The zero-order chi connectivity index (χ0) is 23.5. The molecule has 6 rings (SSSR count). The van der Waals surface area contributed by atoms with Gasteiger partial charge in [0.25, 0.3) is 11.4 Å². The molecule has 172 valence electrons. The summed E-state index contributed by atoms with van der Waals surface area (Å²) in [4.78, 5) is 21.4. The number of nitro groups is 2. The van der Waals surface area contributed by atoms with Crippen LogP contribution in [0.25, 0.3) is 0 Å². The summed E-state index contributed by atoms with van der Waals surface area (Å²) in [7, 11) is 2.19. The third kappa shape index (κ3) is 3.09. The van der Waals surface area contributed by atoms with Gasteiger partial charge < -0.3 is 19.8 Å². The summed E-state index contributed by atoms with van der Waals surface area (Å²) < 4.78 is 6.09. The standard InChI is InChI=1S/C17H19NO3.C6H4N2O4/c1-18-7-6-17-10-3-5-13(20)16(17)21-15-12(19)4-2-9(14(15)17)8-11(10)18;9-7(10)5-2-1-3-6(4-5)8(11)12/h2-5,10-11,13,16,19-20H,6-8H2,1H3;1-4H/t10-,11+,13-,16-,17-;/m0./s1. The van der Waals surface area contributed by atoms with Gasteiger partial charge in [-0.15, -0.1) is 0 Å². The number of ether oxygens (including phenoxy) is 1. The number of aliphatic hydroxyl groups excluding tert-OH is 1. The number of rotatable bonds is 2. The van der Waals surface area contributed by atoms with Crippen LogP contribution in [0.2, 0.25) is 0 Å². The van der Waals surface area contributed by atoms with Crippen molar-refractivity contribution in [3.63, 3.8) is 0 Å². The van der Waals surface area contributed by atoms with Crippen molar-refractivity contribution in [3.8, 4) is 11.5 Å². The van der Waals surface area contributed by atoms with Crippen LogP contribution in [0.4, 0.5) is 11.4 Å². The van der Waals surface area contributed by atoms with E-state index >= 15 is 0 Å². The van der Waals surface area contributed by atoms with Gasteiger partial charge in [-0.05, 0) is 44.1 Å². The molecule has 10 nitrogen and oxygen atoms in total. The van der Waals surface area contributed by atoms with Gasteiger partial charge in [-0.3, -0.25) is 20.2 Å². The van der Waals surface area contributed by atoms with E-state index < -0.39 is 16.0 Å². The summed E-state index contributed by atoms with van der Waals surface area (Å²) in [5.41, 5.74) is 1.74. The molecule has 0 aromatic heterocycles. The van der Waals surface area contributed by atoms with Gasteiger partial charge in [0.2, 0.25) is 0 Å². The zero-order valence-electron chi connectivity index (χ0n) is 17.8. The molecule has 2 bridgehead atoms. The Bertz CT molecular complexity index is 1150. The van der Waals surface area contributed by atoms with Crippen molar-refractivity contribution < 1.29 is 24.8 Å². The molecule has 1 spiro atoms. The Morgan fingerprint density at radius 3 is 2.48 bits per heavy atom. The molecule has 33 heavy (non-hydrogen) atoms. The number of benzene rings is 2. The molecule has 2 aromatic rings. The topological polar surface area (TPSA) is 139 Å². The number of phenolic OH excluding ortho intramolecular Hbond substituents is 1. The lowest BCUT2D eigenvalue weighted by atomic mass is 9.53. The summed E-state index contributed by atoms with van der Waals surface area (Å²) in [5, 5.41) is 41.0. The molecule has 4 aliphatic rings. The van der Waals surface area contributed by atoms with E-state index in [1.54, 1.807) is 6.07 Å². The maximum absolute atomic E-state index is 10.4. The number of likely N-dealkylation sites (tertiary alicyclic amines) is 1. The molecule has 0 amide bonds. The van der Waals surface area contributed by atoms with Gasteiger partial charge in [0.15, 0.2) is 11.5 Å². The Labute approximate surface area is 189 Å². The third-order valence-electron chi connectivity index (χ3n) is 7.40. The Kier molecular flexibility index (Phi) is 4.87. The quantitative estimate of drug-likeness (QED) is 0.402. The SMILES string of the molecule is CN1CC[C@]23c4c5ccc(O)c4O[C@H]2[C@@H](O)C=C[C@H]3[C@H]1C5.O=[N+]([O-])c1cccc([N+](=O)[O-])c1. The van der Waals surface area contributed by atoms with Gasteiger partial charge in [0.1, 0.15) is 12.2 Å². The lowest BCUT2D eigenvalue weighted by Gasteiger charge is -2.56. The zero-order valence-corrected chi connectivity index (χ0v) is 17.8. The second kappa shape index (κ2) is 7.53. The van der Waals surface area contributed by atoms with Crippen molar-refractivity contribution in [1.29, 1.82) is 0 Å². The van der Waals surface area contributed by atoms with E-state index in [9.17, 15) is 30.4 Å². The lowest BCUT2D eigenvalue weighted by Crippen LogP contribution is -2.64. The van der Waals surface area contributed by atoms with Gasteiger partial charge in [0.05, 0.1) is 15.9 Å². The lowest BCUT2D eigenvalue weighted by molar-refractivity contribution is -0.394. The number of hydrogen-bond donors (Lipinski definition) is 2. The number of aromatic hydroxyl groups is 1. The molecule has 0 unspecified atom stereocenters. The average molecular weight is 453 g/mol. The van der Waals surface area contributed by atoms with Crippen LogP contribution < -0.4 is 4.74 Å². The van der Waals surface area contributed by atoms with Crippen molar-refractivity contribution in [2.75, 3.05) is 13.6 Å². The first-order valence-electron chi connectivity index (χ1n) is 10.7. The van der Waals surface area contributed by atoms with E-state index in [0.29, 0.717) is 17.7 Å². The summed E-state index contributed by atoms with van der Waals surface area (Å²) in [5.74, 6) is 1.19. The van der Waals surface area contributed by atoms with Gasteiger partial charge in [-0.25, -0.2) is 0 Å². The van der Waals surface area contributed by atoms with Gasteiger partial charge >= 0.3 is 0 Å². The summed E-state index contributed by atoms with van der Waals surface area (Å²) in [6.07, 6.45) is 5.18. The van der Waals surface area contributed by atoms with E-state index in [-0.39, 0.29) is 28.6 Å². The second-order valence-electron chi connectivity index (χ2n) is 8.96. The van der Waals surface area contributed by atoms with Crippen LogP contribution in [0.5, 0.6) is 11.5 Å². The van der Waals surface area contributed by atoms with Crippen LogP contribution >= 0.6 is 0 Å². The smallest absolute Gasteiger partial charge is 0.276 e. The molecule has 0 radical (unpaired) electrons.